The van der Waals surface area contributed by atoms with Crippen LogP contribution in [-0.2, 0) is 11.7 Å². The lowest BCUT2D eigenvalue weighted by Gasteiger charge is -2.15. The van der Waals surface area contributed by atoms with Crippen LogP contribution in [0.15, 0.2) is 24.3 Å². The van der Waals surface area contributed by atoms with Crippen molar-refractivity contribution < 1.29 is 8.78 Å². The number of benzene rings is 1. The van der Waals surface area contributed by atoms with Gasteiger partial charge in [0, 0.05) is 17.2 Å². The van der Waals surface area contributed by atoms with Gasteiger partial charge in [-0.2, -0.15) is 12.6 Å². The summed E-state index contributed by atoms with van der Waals surface area (Å²) < 4.78 is 27.1. The van der Waals surface area contributed by atoms with Crippen molar-refractivity contribution in [3.05, 3.63) is 35.4 Å². The predicted molar refractivity (Wildman–Crippen MR) is 55.8 cm³/mol. The second-order valence-electron chi connectivity index (χ2n) is 3.75. The van der Waals surface area contributed by atoms with Crippen LogP contribution in [0.25, 0.3) is 0 Å². The fourth-order valence-electron chi connectivity index (χ4n) is 1.51. The van der Waals surface area contributed by atoms with E-state index >= 15 is 0 Å². The first kappa shape index (κ1) is 9.97. The molecule has 0 unspecified atom stereocenters. The highest BCUT2D eigenvalue weighted by Gasteiger charge is 2.47. The van der Waals surface area contributed by atoms with E-state index in [9.17, 15) is 8.78 Å². The quantitative estimate of drug-likeness (QED) is 0.730. The highest BCUT2D eigenvalue weighted by Crippen LogP contribution is 2.49. The Morgan fingerprint density at radius 1 is 1.21 bits per heavy atom. The molecule has 1 aliphatic carbocycles. The fourth-order valence-corrected chi connectivity index (χ4v) is 1.72. The molecular formula is C11H12F2S. The SMILES string of the molecule is FC(F)(c1ccc(CS)cc1)C1CC1. The number of halogens is 2. The van der Waals surface area contributed by atoms with E-state index in [1.54, 1.807) is 12.1 Å². The Bertz CT molecular complexity index is 315. The van der Waals surface area contributed by atoms with Crippen molar-refractivity contribution in [3.8, 4) is 0 Å². The van der Waals surface area contributed by atoms with Gasteiger partial charge in [0.2, 0.25) is 0 Å². The van der Waals surface area contributed by atoms with Crippen LogP contribution in [0, 0.1) is 5.92 Å². The minimum atomic E-state index is -2.63. The molecule has 0 amide bonds. The third kappa shape index (κ3) is 1.78. The number of thiol groups is 1. The molecule has 0 aliphatic heterocycles. The zero-order valence-electron chi connectivity index (χ0n) is 7.71. The van der Waals surface area contributed by atoms with Crippen LogP contribution in [0.5, 0.6) is 0 Å². The molecule has 0 aromatic heterocycles. The predicted octanol–water partition coefficient (Wildman–Crippen LogP) is 3.62. The van der Waals surface area contributed by atoms with Crippen molar-refractivity contribution in [1.29, 1.82) is 0 Å². The van der Waals surface area contributed by atoms with Crippen molar-refractivity contribution in [1.82, 2.24) is 0 Å². The van der Waals surface area contributed by atoms with Gasteiger partial charge in [-0.1, -0.05) is 24.3 Å². The number of alkyl halides is 2. The number of rotatable bonds is 3. The maximum atomic E-state index is 13.6. The summed E-state index contributed by atoms with van der Waals surface area (Å²) in [4.78, 5) is 0. The Kier molecular flexibility index (Phi) is 2.52. The van der Waals surface area contributed by atoms with Gasteiger partial charge in [-0.25, -0.2) is 8.78 Å². The third-order valence-electron chi connectivity index (χ3n) is 2.61. The minimum Gasteiger partial charge on any atom is -0.201 e. The number of hydrogen-bond acceptors (Lipinski definition) is 1. The van der Waals surface area contributed by atoms with Crippen molar-refractivity contribution in [2.45, 2.75) is 24.5 Å². The lowest BCUT2D eigenvalue weighted by molar-refractivity contribution is -0.0285. The summed E-state index contributed by atoms with van der Waals surface area (Å²) in [6, 6.07) is 6.48. The molecule has 14 heavy (non-hydrogen) atoms. The monoisotopic (exact) mass is 214 g/mol. The van der Waals surface area contributed by atoms with E-state index in [4.69, 9.17) is 0 Å². The van der Waals surface area contributed by atoms with Gasteiger partial charge >= 0.3 is 0 Å². The van der Waals surface area contributed by atoms with E-state index in [1.165, 1.54) is 12.1 Å². The van der Waals surface area contributed by atoms with Gasteiger partial charge in [-0.05, 0) is 18.4 Å². The van der Waals surface area contributed by atoms with Crippen LogP contribution in [0.1, 0.15) is 24.0 Å². The first-order valence-corrected chi connectivity index (χ1v) is 5.36. The summed E-state index contributed by atoms with van der Waals surface area (Å²) in [5, 5.41) is 0. The van der Waals surface area contributed by atoms with E-state index in [1.807, 2.05) is 0 Å². The molecule has 2 rings (SSSR count). The van der Waals surface area contributed by atoms with Crippen molar-refractivity contribution >= 4 is 12.6 Å². The van der Waals surface area contributed by atoms with E-state index in [-0.39, 0.29) is 5.56 Å². The van der Waals surface area contributed by atoms with Crippen molar-refractivity contribution in [2.24, 2.45) is 5.92 Å². The van der Waals surface area contributed by atoms with Gasteiger partial charge in [0.1, 0.15) is 0 Å². The Balaban J connectivity index is 2.23. The first-order valence-electron chi connectivity index (χ1n) is 4.72. The molecule has 0 heterocycles. The van der Waals surface area contributed by atoms with E-state index in [2.05, 4.69) is 12.6 Å². The van der Waals surface area contributed by atoms with Crippen molar-refractivity contribution in [2.75, 3.05) is 0 Å². The number of hydrogen-bond donors (Lipinski definition) is 1. The van der Waals surface area contributed by atoms with Gasteiger partial charge in [0.05, 0.1) is 0 Å². The lowest BCUT2D eigenvalue weighted by atomic mass is 10.0. The van der Waals surface area contributed by atoms with Crippen LogP contribution >= 0.6 is 12.6 Å². The lowest BCUT2D eigenvalue weighted by Crippen LogP contribution is -2.15. The molecule has 1 fully saturated rings. The van der Waals surface area contributed by atoms with Gasteiger partial charge in [0.25, 0.3) is 5.92 Å². The average Bonchev–Trinajstić information content (AvgIpc) is 3.01. The molecule has 1 saturated carbocycles. The highest BCUT2D eigenvalue weighted by atomic mass is 32.1. The normalized spacial score (nSPS) is 17.1. The molecular weight excluding hydrogens is 202 g/mol. The maximum Gasteiger partial charge on any atom is 0.276 e. The van der Waals surface area contributed by atoms with Gasteiger partial charge in [-0.15, -0.1) is 0 Å². The second-order valence-corrected chi connectivity index (χ2v) is 4.07. The largest absolute Gasteiger partial charge is 0.276 e. The smallest absolute Gasteiger partial charge is 0.201 e. The van der Waals surface area contributed by atoms with Crippen molar-refractivity contribution in [3.63, 3.8) is 0 Å². The molecule has 0 N–H and O–H groups in total. The molecule has 3 heteroatoms. The summed E-state index contributed by atoms with van der Waals surface area (Å²) in [7, 11) is 0. The zero-order valence-corrected chi connectivity index (χ0v) is 8.61. The molecule has 76 valence electrons. The standard InChI is InChI=1S/C11H12F2S/c12-11(13,10-5-6-10)9-3-1-8(7-14)2-4-9/h1-4,10,14H,5-7H2. The van der Waals surface area contributed by atoms with E-state index in [0.29, 0.717) is 18.6 Å². The van der Waals surface area contributed by atoms with Crippen LogP contribution < -0.4 is 0 Å². The Morgan fingerprint density at radius 2 is 1.79 bits per heavy atom. The molecule has 1 aliphatic rings. The summed E-state index contributed by atoms with van der Waals surface area (Å²) in [6.07, 6.45) is 1.31. The molecule has 1 aromatic rings. The Labute approximate surface area is 87.7 Å². The minimum absolute atomic E-state index is 0.144. The maximum absolute atomic E-state index is 13.6. The van der Waals surface area contributed by atoms with Crippen LogP contribution in [0.4, 0.5) is 8.78 Å². The highest BCUT2D eigenvalue weighted by molar-refractivity contribution is 7.79. The Hall–Kier alpha value is -0.570. The molecule has 0 saturated heterocycles. The molecule has 0 spiro atoms. The molecule has 0 radical (unpaired) electrons. The third-order valence-corrected chi connectivity index (χ3v) is 2.98. The van der Waals surface area contributed by atoms with Gasteiger partial charge < -0.3 is 0 Å². The summed E-state index contributed by atoms with van der Waals surface area (Å²) in [5.74, 6) is -2.46. The fraction of sp³-hybridized carbons (Fsp3) is 0.455. The average molecular weight is 214 g/mol. The molecule has 0 atom stereocenters. The topological polar surface area (TPSA) is 0 Å². The Morgan fingerprint density at radius 3 is 2.21 bits per heavy atom. The molecule has 0 nitrogen and oxygen atoms in total. The van der Waals surface area contributed by atoms with E-state index < -0.39 is 11.8 Å². The zero-order chi connectivity index (χ0) is 10.2. The van der Waals surface area contributed by atoms with Gasteiger partial charge in [0.15, 0.2) is 0 Å². The van der Waals surface area contributed by atoms with Gasteiger partial charge in [-0.3, -0.25) is 0 Å². The first-order chi connectivity index (χ1) is 6.64. The van der Waals surface area contributed by atoms with Crippen LogP contribution in [0.2, 0.25) is 0 Å². The summed E-state index contributed by atoms with van der Waals surface area (Å²) in [6.45, 7) is 0. The second kappa shape index (κ2) is 3.54. The van der Waals surface area contributed by atoms with E-state index in [0.717, 1.165) is 5.56 Å². The molecule has 1 aromatic carbocycles. The van der Waals surface area contributed by atoms with Crippen LogP contribution in [0.3, 0.4) is 0 Å². The molecule has 0 bridgehead atoms. The summed E-state index contributed by atoms with van der Waals surface area (Å²) >= 11 is 4.08. The summed E-state index contributed by atoms with van der Waals surface area (Å²) in [5.41, 5.74) is 1.12. The van der Waals surface area contributed by atoms with Crippen LogP contribution in [-0.4, -0.2) is 0 Å².